The molecule has 3 heteroatoms. The third-order valence-electron chi connectivity index (χ3n) is 9.38. The summed E-state index contributed by atoms with van der Waals surface area (Å²) in [7, 11) is 9.87. The Bertz CT molecular complexity index is 2030. The molecule has 45 heavy (non-hydrogen) atoms. The molecule has 226 valence electrons. The summed E-state index contributed by atoms with van der Waals surface area (Å²) >= 11 is -0.826. The molecule has 0 aromatic heterocycles. The summed E-state index contributed by atoms with van der Waals surface area (Å²) in [4.78, 5) is 0. The Labute approximate surface area is 286 Å². The maximum atomic E-state index is 4.93. The summed E-state index contributed by atoms with van der Waals surface area (Å²) < 4.78 is 0. The van der Waals surface area contributed by atoms with E-state index in [0.717, 1.165) is 19.3 Å². The molecule has 1 unspecified atom stereocenters. The van der Waals surface area contributed by atoms with Gasteiger partial charge in [-0.3, -0.25) is 0 Å². The zero-order valence-corrected chi connectivity index (χ0v) is 30.4. The van der Waals surface area contributed by atoms with Gasteiger partial charge in [0.05, 0.1) is 0 Å². The zero-order valence-electron chi connectivity index (χ0n) is 26.4. The monoisotopic (exact) mass is 702 g/mol. The van der Waals surface area contributed by atoms with Gasteiger partial charge in [0.2, 0.25) is 0 Å². The van der Waals surface area contributed by atoms with Gasteiger partial charge in [-0.15, -0.1) is 80.2 Å². The molecule has 0 radical (unpaired) electrons. The number of allylic oxidation sites excluding steroid dienone is 2. The first-order valence-corrected chi connectivity index (χ1v) is 22.0. The van der Waals surface area contributed by atoms with Gasteiger partial charge in [0, 0.05) is 5.92 Å². The van der Waals surface area contributed by atoms with Gasteiger partial charge in [0.15, 0.2) is 0 Å². The van der Waals surface area contributed by atoms with E-state index in [1.165, 1.54) is 77.2 Å². The minimum atomic E-state index is -0.826. The van der Waals surface area contributed by atoms with Gasteiger partial charge in [-0.25, -0.2) is 0 Å². The summed E-state index contributed by atoms with van der Waals surface area (Å²) in [6.45, 7) is 8.91. The fourth-order valence-corrected chi connectivity index (χ4v) is 7.29. The van der Waals surface area contributed by atoms with Crippen LogP contribution in [0.15, 0.2) is 114 Å². The molecule has 0 saturated carbocycles. The number of rotatable bonds is 4. The molecular formula is C42H38Cl2Zr-2. The molecule has 0 spiro atoms. The van der Waals surface area contributed by atoms with Crippen molar-refractivity contribution in [3.63, 3.8) is 0 Å². The van der Waals surface area contributed by atoms with Gasteiger partial charge >= 0.3 is 37.9 Å². The van der Waals surface area contributed by atoms with Crippen molar-refractivity contribution in [3.8, 4) is 0 Å². The fraction of sp³-hybridized carbons (Fsp3) is 0.190. The Balaban J connectivity index is 0.000000146. The summed E-state index contributed by atoms with van der Waals surface area (Å²) in [5.74, 6) is 0.550. The second-order valence-electron chi connectivity index (χ2n) is 12.5. The summed E-state index contributed by atoms with van der Waals surface area (Å²) in [5.41, 5.74) is 16.0. The SMILES string of the molecule is CC1=Cc2cccc(CC3C(C)=Cc4ccccc43)c2C1.Cc1cc2cccc(C[c-]3c(C)cc4ccccc43)c2[cH-]1.[Cl][Zr][Cl]. The van der Waals surface area contributed by atoms with Gasteiger partial charge in [-0.1, -0.05) is 98.2 Å². The molecule has 0 aliphatic heterocycles. The summed E-state index contributed by atoms with van der Waals surface area (Å²) in [6, 6.07) is 37.9. The topological polar surface area (TPSA) is 0 Å². The average molecular weight is 705 g/mol. The third-order valence-corrected chi connectivity index (χ3v) is 9.38. The van der Waals surface area contributed by atoms with Gasteiger partial charge < -0.3 is 0 Å². The molecule has 0 bridgehead atoms. The zero-order chi connectivity index (χ0) is 31.5. The van der Waals surface area contributed by atoms with E-state index in [1.54, 1.807) is 5.56 Å². The van der Waals surface area contributed by atoms with E-state index in [2.05, 4.69) is 143 Å². The van der Waals surface area contributed by atoms with E-state index in [0.29, 0.717) is 5.92 Å². The van der Waals surface area contributed by atoms with Crippen LogP contribution in [0.25, 0.3) is 33.7 Å². The molecule has 8 rings (SSSR count). The van der Waals surface area contributed by atoms with Crippen LogP contribution in [0, 0.1) is 13.8 Å². The quantitative estimate of drug-likeness (QED) is 0.160. The van der Waals surface area contributed by atoms with Crippen molar-refractivity contribution in [1.82, 2.24) is 0 Å². The van der Waals surface area contributed by atoms with Crippen LogP contribution >= 0.6 is 17.0 Å². The van der Waals surface area contributed by atoms with E-state index >= 15 is 0 Å². The van der Waals surface area contributed by atoms with Crippen molar-refractivity contribution in [1.29, 1.82) is 0 Å². The van der Waals surface area contributed by atoms with Gasteiger partial charge in [-0.05, 0) is 54.5 Å². The molecule has 0 amide bonds. The molecule has 1 atom stereocenters. The van der Waals surface area contributed by atoms with Crippen molar-refractivity contribution < 1.29 is 20.8 Å². The molecule has 0 saturated heterocycles. The van der Waals surface area contributed by atoms with Crippen LogP contribution in [0.3, 0.4) is 0 Å². The third kappa shape index (κ3) is 6.93. The van der Waals surface area contributed by atoms with Crippen LogP contribution in [0.5, 0.6) is 0 Å². The van der Waals surface area contributed by atoms with Crippen LogP contribution in [0.1, 0.15) is 69.8 Å². The number of halogens is 2. The normalized spacial score (nSPS) is 14.6. The van der Waals surface area contributed by atoms with E-state index in [4.69, 9.17) is 17.0 Å². The first kappa shape index (κ1) is 32.0. The van der Waals surface area contributed by atoms with Crippen molar-refractivity contribution in [2.24, 2.45) is 0 Å². The van der Waals surface area contributed by atoms with Crippen molar-refractivity contribution >= 4 is 50.7 Å². The van der Waals surface area contributed by atoms with Crippen LogP contribution < -0.4 is 0 Å². The van der Waals surface area contributed by atoms with E-state index < -0.39 is 20.8 Å². The van der Waals surface area contributed by atoms with Crippen LogP contribution in [0.2, 0.25) is 0 Å². The Hall–Kier alpha value is -2.96. The number of hydrogen-bond acceptors (Lipinski definition) is 0. The predicted molar refractivity (Wildman–Crippen MR) is 193 cm³/mol. The predicted octanol–water partition coefficient (Wildman–Crippen LogP) is 12.4. The van der Waals surface area contributed by atoms with Crippen LogP contribution in [0.4, 0.5) is 0 Å². The number of aryl methyl sites for hydroxylation is 2. The molecule has 6 aromatic rings. The average Bonchev–Trinajstić information content (AvgIpc) is 3.77. The molecule has 0 fully saturated rings. The first-order chi connectivity index (χ1) is 21.9. The Morgan fingerprint density at radius 3 is 2.29 bits per heavy atom. The minimum absolute atomic E-state index is 0.550. The van der Waals surface area contributed by atoms with Gasteiger partial charge in [0.25, 0.3) is 0 Å². The van der Waals surface area contributed by atoms with Crippen LogP contribution in [-0.4, -0.2) is 0 Å². The summed E-state index contributed by atoms with van der Waals surface area (Å²) in [6.07, 6.45) is 7.96. The van der Waals surface area contributed by atoms with E-state index in [-0.39, 0.29) is 0 Å². The Kier molecular flexibility index (Phi) is 10.1. The van der Waals surface area contributed by atoms with Gasteiger partial charge in [-0.2, -0.15) is 12.1 Å². The second kappa shape index (κ2) is 14.2. The van der Waals surface area contributed by atoms with Crippen LogP contribution in [-0.2, 0) is 40.1 Å². The standard InChI is InChI=1S/C21H20.C21H18.2ClH.Zr/c2*1-14-10-16-7-5-8-18(21(16)11-14)13-20-15(2)12-17-6-3-4-9-19(17)20;;;/h3-10,12,20H,11,13H2,1-2H3;3-12H,13H2,1-2H3;2*1H;/q;-2;;;+2/p-2. The fourth-order valence-electron chi connectivity index (χ4n) is 7.29. The molecular weight excluding hydrogens is 667 g/mol. The first-order valence-electron chi connectivity index (χ1n) is 15.7. The van der Waals surface area contributed by atoms with Gasteiger partial charge in [0.1, 0.15) is 0 Å². The molecule has 2 aliphatic carbocycles. The van der Waals surface area contributed by atoms with Crippen molar-refractivity contribution in [2.75, 3.05) is 0 Å². The number of fused-ring (bicyclic) bond motifs is 4. The second-order valence-corrected chi connectivity index (χ2v) is 16.3. The summed E-state index contributed by atoms with van der Waals surface area (Å²) in [5, 5.41) is 5.52. The number of hydrogen-bond donors (Lipinski definition) is 0. The van der Waals surface area contributed by atoms with E-state index in [1.807, 2.05) is 0 Å². The molecule has 0 heterocycles. The van der Waals surface area contributed by atoms with Crippen molar-refractivity contribution in [2.45, 2.75) is 52.9 Å². The number of benzene rings is 4. The maximum absolute atomic E-state index is 4.93. The van der Waals surface area contributed by atoms with E-state index in [9.17, 15) is 0 Å². The molecule has 0 N–H and O–H groups in total. The molecule has 2 aliphatic rings. The van der Waals surface area contributed by atoms with Crippen molar-refractivity contribution in [3.05, 3.63) is 164 Å². The molecule has 6 aromatic carbocycles. The Morgan fingerprint density at radius 1 is 0.756 bits per heavy atom. The molecule has 0 nitrogen and oxygen atoms in total. The Morgan fingerprint density at radius 2 is 1.44 bits per heavy atom.